The Morgan fingerprint density at radius 1 is 1.16 bits per heavy atom. The highest BCUT2D eigenvalue weighted by molar-refractivity contribution is 5.76. The van der Waals surface area contributed by atoms with Gasteiger partial charge in [0.2, 0.25) is 5.91 Å². The number of carbonyl (C=O) groups is 2. The molecule has 0 saturated heterocycles. The van der Waals surface area contributed by atoms with Gasteiger partial charge < -0.3 is 10.4 Å². The Morgan fingerprint density at radius 2 is 1.74 bits per heavy atom. The van der Waals surface area contributed by atoms with Gasteiger partial charge in [0.15, 0.2) is 0 Å². The molecule has 0 aromatic heterocycles. The lowest BCUT2D eigenvalue weighted by Crippen LogP contribution is -2.41. The number of aliphatic carboxylic acids is 1. The van der Waals surface area contributed by atoms with Gasteiger partial charge in [0.25, 0.3) is 0 Å². The molecular formula is C15H27NO3. The Hall–Kier alpha value is -1.06. The quantitative estimate of drug-likeness (QED) is 0.806. The molecule has 1 saturated carbocycles. The molecule has 4 nitrogen and oxygen atoms in total. The van der Waals surface area contributed by atoms with Gasteiger partial charge >= 0.3 is 5.97 Å². The molecule has 1 aliphatic carbocycles. The third-order valence-electron chi connectivity index (χ3n) is 3.79. The molecule has 0 aromatic rings. The standard InChI is InChI=1S/C15H27NO3/c1-14(2,3)9-12(17)16-11-15(10-13(18)19)7-5-4-6-8-15/h4-11H2,1-3H3,(H,16,17)(H,18,19). The number of carboxylic acids is 1. The first-order chi connectivity index (χ1) is 8.72. The minimum atomic E-state index is -0.757. The normalized spacial score (nSPS) is 18.9. The van der Waals surface area contributed by atoms with Crippen molar-refractivity contribution >= 4 is 11.9 Å². The van der Waals surface area contributed by atoms with Crippen LogP contribution in [0.25, 0.3) is 0 Å². The van der Waals surface area contributed by atoms with Gasteiger partial charge in [0.1, 0.15) is 0 Å². The van der Waals surface area contributed by atoms with Gasteiger partial charge in [0, 0.05) is 13.0 Å². The lowest BCUT2D eigenvalue weighted by molar-refractivity contribution is -0.140. The van der Waals surface area contributed by atoms with Crippen LogP contribution < -0.4 is 5.32 Å². The first kappa shape index (κ1) is 16.0. The Labute approximate surface area is 116 Å². The average Bonchev–Trinajstić information content (AvgIpc) is 2.24. The van der Waals surface area contributed by atoms with E-state index in [4.69, 9.17) is 5.11 Å². The number of carbonyl (C=O) groups excluding carboxylic acids is 1. The number of amides is 1. The van der Waals surface area contributed by atoms with Crippen molar-refractivity contribution in [1.82, 2.24) is 5.32 Å². The maximum Gasteiger partial charge on any atom is 0.303 e. The minimum Gasteiger partial charge on any atom is -0.481 e. The summed E-state index contributed by atoms with van der Waals surface area (Å²) in [5, 5.41) is 12.0. The fraction of sp³-hybridized carbons (Fsp3) is 0.867. The van der Waals surface area contributed by atoms with E-state index in [1.165, 1.54) is 6.42 Å². The third kappa shape index (κ3) is 6.08. The predicted molar refractivity (Wildman–Crippen MR) is 74.9 cm³/mol. The van der Waals surface area contributed by atoms with Gasteiger partial charge in [-0.1, -0.05) is 40.0 Å². The van der Waals surface area contributed by atoms with Gasteiger partial charge in [-0.25, -0.2) is 0 Å². The summed E-state index contributed by atoms with van der Waals surface area (Å²) in [6, 6.07) is 0. The van der Waals surface area contributed by atoms with Crippen LogP contribution in [-0.4, -0.2) is 23.5 Å². The summed E-state index contributed by atoms with van der Waals surface area (Å²) >= 11 is 0. The van der Waals surface area contributed by atoms with E-state index in [1.54, 1.807) is 0 Å². The topological polar surface area (TPSA) is 66.4 Å². The summed E-state index contributed by atoms with van der Waals surface area (Å²) < 4.78 is 0. The highest BCUT2D eigenvalue weighted by Crippen LogP contribution is 2.38. The number of hydrogen-bond acceptors (Lipinski definition) is 2. The second-order valence-corrected chi connectivity index (χ2v) is 7.15. The molecule has 0 aromatic carbocycles. The molecule has 110 valence electrons. The maximum atomic E-state index is 11.9. The SMILES string of the molecule is CC(C)(C)CC(=O)NCC1(CC(=O)O)CCCCC1. The van der Waals surface area contributed by atoms with Crippen LogP contribution in [0.1, 0.15) is 65.7 Å². The second-order valence-electron chi connectivity index (χ2n) is 7.15. The maximum absolute atomic E-state index is 11.9. The van der Waals surface area contributed by atoms with E-state index < -0.39 is 5.97 Å². The molecule has 0 radical (unpaired) electrons. The van der Waals surface area contributed by atoms with Crippen molar-refractivity contribution in [3.63, 3.8) is 0 Å². The van der Waals surface area contributed by atoms with E-state index >= 15 is 0 Å². The molecule has 0 aliphatic heterocycles. The molecule has 4 heteroatoms. The Kier molecular flexibility index (Phi) is 5.39. The number of hydrogen-bond donors (Lipinski definition) is 2. The molecule has 19 heavy (non-hydrogen) atoms. The highest BCUT2D eigenvalue weighted by atomic mass is 16.4. The van der Waals surface area contributed by atoms with Crippen molar-refractivity contribution in [1.29, 1.82) is 0 Å². The largest absolute Gasteiger partial charge is 0.481 e. The first-order valence-electron chi connectivity index (χ1n) is 7.21. The van der Waals surface area contributed by atoms with Crippen LogP contribution in [0.4, 0.5) is 0 Å². The lowest BCUT2D eigenvalue weighted by atomic mass is 9.71. The average molecular weight is 269 g/mol. The van der Waals surface area contributed by atoms with E-state index in [-0.39, 0.29) is 23.2 Å². The number of rotatable bonds is 5. The molecular weight excluding hydrogens is 242 g/mol. The van der Waals surface area contributed by atoms with E-state index in [1.807, 2.05) is 20.8 Å². The smallest absolute Gasteiger partial charge is 0.303 e. The van der Waals surface area contributed by atoms with Crippen LogP contribution in [0.3, 0.4) is 0 Å². The van der Waals surface area contributed by atoms with Crippen molar-refractivity contribution in [2.75, 3.05) is 6.54 Å². The third-order valence-corrected chi connectivity index (χ3v) is 3.79. The molecule has 0 atom stereocenters. The lowest BCUT2D eigenvalue weighted by Gasteiger charge is -2.36. The van der Waals surface area contributed by atoms with Crippen molar-refractivity contribution in [2.24, 2.45) is 10.8 Å². The molecule has 1 rings (SSSR count). The van der Waals surface area contributed by atoms with Crippen LogP contribution >= 0.6 is 0 Å². The summed E-state index contributed by atoms with van der Waals surface area (Å²) in [5.74, 6) is -0.727. The summed E-state index contributed by atoms with van der Waals surface area (Å²) in [5.41, 5.74) is -0.256. The summed E-state index contributed by atoms with van der Waals surface area (Å²) in [4.78, 5) is 22.9. The fourth-order valence-corrected chi connectivity index (χ4v) is 2.87. The minimum absolute atomic E-state index is 0.0304. The van der Waals surface area contributed by atoms with Crippen LogP contribution in [0.15, 0.2) is 0 Å². The molecule has 0 unspecified atom stereocenters. The Morgan fingerprint density at radius 3 is 2.21 bits per heavy atom. The monoisotopic (exact) mass is 269 g/mol. The Bertz CT molecular complexity index is 325. The van der Waals surface area contributed by atoms with E-state index in [0.29, 0.717) is 13.0 Å². The molecule has 2 N–H and O–H groups in total. The predicted octanol–water partition coefficient (Wildman–Crippen LogP) is 2.96. The molecule has 0 bridgehead atoms. The van der Waals surface area contributed by atoms with Crippen molar-refractivity contribution < 1.29 is 14.7 Å². The highest BCUT2D eigenvalue weighted by Gasteiger charge is 2.34. The zero-order valence-electron chi connectivity index (χ0n) is 12.4. The van der Waals surface area contributed by atoms with Gasteiger partial charge in [-0.05, 0) is 23.7 Å². The first-order valence-corrected chi connectivity index (χ1v) is 7.21. The zero-order valence-corrected chi connectivity index (χ0v) is 12.4. The molecule has 0 heterocycles. The molecule has 1 amide bonds. The molecule has 1 aliphatic rings. The van der Waals surface area contributed by atoms with Crippen LogP contribution in [0, 0.1) is 10.8 Å². The summed E-state index contributed by atoms with van der Waals surface area (Å²) in [7, 11) is 0. The van der Waals surface area contributed by atoms with Gasteiger partial charge in [-0.2, -0.15) is 0 Å². The van der Waals surface area contributed by atoms with Crippen LogP contribution in [-0.2, 0) is 9.59 Å². The van der Waals surface area contributed by atoms with Crippen LogP contribution in [0.2, 0.25) is 0 Å². The van der Waals surface area contributed by atoms with Gasteiger partial charge in [0.05, 0.1) is 6.42 Å². The van der Waals surface area contributed by atoms with Crippen molar-refractivity contribution in [3.05, 3.63) is 0 Å². The summed E-state index contributed by atoms with van der Waals surface area (Å²) in [6.45, 7) is 6.59. The zero-order chi connectivity index (χ0) is 14.5. The van der Waals surface area contributed by atoms with Gasteiger partial charge in [-0.3, -0.25) is 9.59 Å². The van der Waals surface area contributed by atoms with Crippen molar-refractivity contribution in [2.45, 2.75) is 65.7 Å². The van der Waals surface area contributed by atoms with Gasteiger partial charge in [-0.15, -0.1) is 0 Å². The van der Waals surface area contributed by atoms with Crippen molar-refractivity contribution in [3.8, 4) is 0 Å². The molecule has 1 fully saturated rings. The van der Waals surface area contributed by atoms with E-state index in [9.17, 15) is 9.59 Å². The van der Waals surface area contributed by atoms with E-state index in [2.05, 4.69) is 5.32 Å². The fourth-order valence-electron chi connectivity index (χ4n) is 2.87. The van der Waals surface area contributed by atoms with Crippen LogP contribution in [0.5, 0.6) is 0 Å². The number of nitrogens with one attached hydrogen (secondary N) is 1. The number of carboxylic acid groups (broad SMARTS) is 1. The Balaban J connectivity index is 2.53. The molecule has 0 spiro atoms. The second kappa shape index (κ2) is 6.40. The van der Waals surface area contributed by atoms with E-state index in [0.717, 1.165) is 25.7 Å². The summed E-state index contributed by atoms with van der Waals surface area (Å²) in [6.07, 6.45) is 5.80.